The van der Waals surface area contributed by atoms with E-state index in [1.807, 2.05) is 0 Å². The molecule has 1 aromatic heterocycles. The van der Waals surface area contributed by atoms with Crippen LogP contribution in [0.2, 0.25) is 0 Å². The minimum atomic E-state index is -1.13. The second-order valence-electron chi connectivity index (χ2n) is 11.3. The van der Waals surface area contributed by atoms with Crippen molar-refractivity contribution < 1.29 is 45.5 Å². The molecule has 0 spiro atoms. The molecule has 0 fully saturated rings. The molecular weight excluding hydrogens is 617 g/mol. The van der Waals surface area contributed by atoms with Crippen molar-refractivity contribution >= 4 is 75.8 Å². The van der Waals surface area contributed by atoms with Crippen LogP contribution in [0.15, 0.2) is 186 Å². The summed E-state index contributed by atoms with van der Waals surface area (Å²) in [5, 5.41) is -7.52. The number of hydrogen-bond donors (Lipinski definition) is 0. The largest absolute Gasteiger partial charge is 0.456 e. The van der Waals surface area contributed by atoms with Crippen molar-refractivity contribution in [1.29, 1.82) is 0 Å². The van der Waals surface area contributed by atoms with Crippen LogP contribution in [0, 0.1) is 0 Å². The first kappa shape index (κ1) is 11.7. The van der Waals surface area contributed by atoms with Crippen LogP contribution in [0.4, 0.5) is 0 Å². The van der Waals surface area contributed by atoms with Crippen molar-refractivity contribution in [2.45, 2.75) is 0 Å². The molecule has 0 bridgehead atoms. The van der Waals surface area contributed by atoms with E-state index in [4.69, 9.17) is 26.3 Å². The van der Waals surface area contributed by atoms with Crippen molar-refractivity contribution in [3.63, 3.8) is 0 Å². The molecule has 0 aliphatic rings. The van der Waals surface area contributed by atoms with E-state index in [1.165, 1.54) is 0 Å². The highest BCUT2D eigenvalue weighted by Gasteiger charge is 2.18. The molecule has 1 nitrogen and oxygen atoms in total. The summed E-state index contributed by atoms with van der Waals surface area (Å²) in [7, 11) is 0. The Morgan fingerprint density at radius 2 is 0.745 bits per heavy atom. The average Bonchev–Trinajstić information content (AvgIpc) is 3.95. The zero-order valence-electron chi connectivity index (χ0n) is 55.4. The van der Waals surface area contributed by atoms with Crippen LogP contribution < -0.4 is 0 Å². The summed E-state index contributed by atoms with van der Waals surface area (Å²) in [5.41, 5.74) is -6.31. The Bertz CT molecular complexity index is 4850. The molecule has 0 atom stereocenters. The fourth-order valence-electron chi connectivity index (χ4n) is 6.23. The molecule has 0 aliphatic heterocycles. The highest BCUT2D eigenvalue weighted by atomic mass is 16.3. The van der Waals surface area contributed by atoms with Gasteiger partial charge in [0, 0.05) is 10.8 Å². The average molecular weight is 677 g/mol. The lowest BCUT2D eigenvalue weighted by Gasteiger charge is -2.18. The number of benzene rings is 10. The van der Waals surface area contributed by atoms with E-state index in [0.29, 0.717) is 0 Å². The first-order valence-electron chi connectivity index (χ1n) is 30.2. The predicted octanol–water partition coefficient (Wildman–Crippen LogP) is 14.4. The zero-order valence-corrected chi connectivity index (χ0v) is 25.4. The molecule has 236 valence electrons. The minimum Gasteiger partial charge on any atom is -0.456 e. The van der Waals surface area contributed by atoms with Gasteiger partial charge in [0.05, 0.1) is 41.1 Å². The summed E-state index contributed by atoms with van der Waals surface area (Å²) in [6.07, 6.45) is 0. The van der Waals surface area contributed by atoms with Gasteiger partial charge in [-0.15, -0.1) is 0 Å². The Morgan fingerprint density at radius 3 is 1.45 bits per heavy atom. The van der Waals surface area contributed by atoms with E-state index in [9.17, 15) is 19.2 Å². The molecule has 11 aromatic rings. The number of fused-ring (bicyclic) bond motifs is 9. The second kappa shape index (κ2) is 10.9. The molecule has 0 saturated heterocycles. The number of hydrogen-bond acceptors (Lipinski definition) is 1. The van der Waals surface area contributed by atoms with Gasteiger partial charge in [0.15, 0.2) is 0 Å². The molecule has 10 aromatic carbocycles. The SMILES string of the molecule is [2H]c1c([2H])c(-c2c([2H])c([2H])c3c([2H])c([2H])c4c([2H])c([2H])c([2H])c([2H])c4c3c2[2H])c([2H])c(-c2c3c([2H])c([2H])c([2H])c([2H])c3c(-c3c([2H])c([2H])c4oc5c([2H])c6c([2H])c([2H])c([2H])c([2H])c6c([2H])c5c4c3[2H])c3c([2H])c([2H])c([2H])c([2H])c23)c1[2H]. The Kier molecular flexibility index (Phi) is 2.50. The molecule has 1 heterocycles. The Morgan fingerprint density at radius 1 is 0.275 bits per heavy atom. The number of rotatable bonds is 3. The van der Waals surface area contributed by atoms with Gasteiger partial charge in [0.2, 0.25) is 0 Å². The second-order valence-corrected chi connectivity index (χ2v) is 11.3. The van der Waals surface area contributed by atoms with Crippen LogP contribution in [-0.4, -0.2) is 0 Å². The summed E-state index contributed by atoms with van der Waals surface area (Å²) in [5.74, 6) is 0. The van der Waals surface area contributed by atoms with Gasteiger partial charge in [-0.05, 0) is 123 Å². The fourth-order valence-corrected chi connectivity index (χ4v) is 6.23. The third kappa shape index (κ3) is 4.35. The molecule has 0 unspecified atom stereocenters. The molecular formula is C50H30O. The highest BCUT2D eigenvalue weighted by Crippen LogP contribution is 2.45. The van der Waals surface area contributed by atoms with E-state index < -0.39 is 290 Å². The van der Waals surface area contributed by atoms with Gasteiger partial charge >= 0.3 is 0 Å². The third-order valence-corrected chi connectivity index (χ3v) is 8.45. The van der Waals surface area contributed by atoms with E-state index in [-0.39, 0.29) is 0 Å². The fraction of sp³-hybridized carbons (Fsp3) is 0. The van der Waals surface area contributed by atoms with Gasteiger partial charge in [-0.3, -0.25) is 0 Å². The molecule has 0 radical (unpaired) electrons. The van der Waals surface area contributed by atoms with Crippen molar-refractivity contribution in [3.05, 3.63) is 181 Å². The van der Waals surface area contributed by atoms with Crippen LogP contribution in [0.1, 0.15) is 41.1 Å². The van der Waals surface area contributed by atoms with Crippen LogP contribution in [0.5, 0.6) is 0 Å². The maximum atomic E-state index is 9.95. The van der Waals surface area contributed by atoms with E-state index in [0.717, 1.165) is 0 Å². The Hall–Kier alpha value is -6.70. The summed E-state index contributed by atoms with van der Waals surface area (Å²) in [4.78, 5) is 0. The lowest BCUT2D eigenvalue weighted by atomic mass is 9.85. The topological polar surface area (TPSA) is 13.1 Å². The van der Waals surface area contributed by atoms with Gasteiger partial charge in [0.1, 0.15) is 11.2 Å². The third-order valence-electron chi connectivity index (χ3n) is 8.45. The molecule has 0 saturated carbocycles. The predicted molar refractivity (Wildman–Crippen MR) is 218 cm³/mol. The minimum absolute atomic E-state index is 0.464. The van der Waals surface area contributed by atoms with E-state index in [2.05, 4.69) is 0 Å². The van der Waals surface area contributed by atoms with Crippen molar-refractivity contribution in [2.75, 3.05) is 0 Å². The lowest BCUT2D eigenvalue weighted by Crippen LogP contribution is -1.91. The van der Waals surface area contributed by atoms with Crippen LogP contribution in [0.3, 0.4) is 0 Å². The summed E-state index contributed by atoms with van der Waals surface area (Å²) < 4.78 is 279. The molecule has 0 amide bonds. The van der Waals surface area contributed by atoms with Gasteiger partial charge in [-0.1, -0.05) is 145 Å². The molecule has 51 heavy (non-hydrogen) atoms. The number of furan rings is 1. The van der Waals surface area contributed by atoms with Crippen molar-refractivity contribution in [3.8, 4) is 33.4 Å². The van der Waals surface area contributed by atoms with Crippen LogP contribution >= 0.6 is 0 Å². The van der Waals surface area contributed by atoms with Gasteiger partial charge in [-0.2, -0.15) is 0 Å². The maximum Gasteiger partial charge on any atom is 0.136 e. The maximum absolute atomic E-state index is 9.95. The summed E-state index contributed by atoms with van der Waals surface area (Å²) in [6.45, 7) is 0. The Balaban J connectivity index is 1.38. The van der Waals surface area contributed by atoms with Gasteiger partial charge in [-0.25, -0.2) is 0 Å². The first-order chi connectivity index (χ1) is 37.8. The highest BCUT2D eigenvalue weighted by molar-refractivity contribution is 6.22. The normalized spacial score (nSPS) is 20.2. The van der Waals surface area contributed by atoms with Crippen molar-refractivity contribution in [1.82, 2.24) is 0 Å². The quantitative estimate of drug-likeness (QED) is 0.134. The van der Waals surface area contributed by atoms with Crippen molar-refractivity contribution in [2.24, 2.45) is 0 Å². The summed E-state index contributed by atoms with van der Waals surface area (Å²) >= 11 is 0. The Labute approximate surface area is 336 Å². The summed E-state index contributed by atoms with van der Waals surface area (Å²) in [6, 6.07) is -27.9. The molecule has 0 N–H and O–H groups in total. The van der Waals surface area contributed by atoms with Gasteiger partial charge in [0.25, 0.3) is 0 Å². The molecule has 11 rings (SSSR count). The zero-order chi connectivity index (χ0) is 59.6. The standard InChI is InChI=1S/C50H30O/c1-2-12-35-30-48-46(28-34(35)11-1)45-29-38(24-25-47(45)51-48)50-42-18-7-5-16-40(42)49(41-17-6-8-19-43(41)50)37-14-9-13-33(26-37)36-23-22-32-21-20-31-10-3-4-15-39(31)44(32)27-36/h1-30H/i1D,2D,3D,4D,5D,6D,7D,8D,9D,10D,11D,12D,13D,14D,15D,16D,17D,18D,19D,20D,21D,22D,23D,24D,25D,26D,27D,28D,29D,30D. The van der Waals surface area contributed by atoms with Gasteiger partial charge < -0.3 is 4.42 Å². The van der Waals surface area contributed by atoms with Crippen LogP contribution in [0.25, 0.3) is 109 Å². The van der Waals surface area contributed by atoms with E-state index in [1.54, 1.807) is 0 Å². The first-order valence-corrected chi connectivity index (χ1v) is 15.2. The monoisotopic (exact) mass is 676 g/mol. The smallest absolute Gasteiger partial charge is 0.136 e. The van der Waals surface area contributed by atoms with E-state index >= 15 is 0 Å². The lowest BCUT2D eigenvalue weighted by molar-refractivity contribution is 0.669. The molecule has 1 heteroatoms. The molecule has 0 aliphatic carbocycles. The van der Waals surface area contributed by atoms with Crippen LogP contribution in [-0.2, 0) is 0 Å².